The first-order valence-corrected chi connectivity index (χ1v) is 8.91. The molecule has 5 aromatic rings. The number of nitrogens with zero attached hydrogens (tertiary/aromatic N) is 7. The highest BCUT2D eigenvalue weighted by molar-refractivity contribution is 7.26. The largest absolute Gasteiger partial charge is 0.262 e. The van der Waals surface area contributed by atoms with E-state index >= 15 is 0 Å². The van der Waals surface area contributed by atoms with Crippen molar-refractivity contribution in [3.8, 4) is 11.5 Å². The average molecular weight is 349 g/mol. The van der Waals surface area contributed by atoms with Crippen molar-refractivity contribution in [1.29, 1.82) is 0 Å². The molecule has 0 aliphatic rings. The van der Waals surface area contributed by atoms with Gasteiger partial charge in [0, 0.05) is 23.8 Å². The fourth-order valence-electron chi connectivity index (χ4n) is 3.25. The van der Waals surface area contributed by atoms with Crippen molar-refractivity contribution < 1.29 is 0 Å². The first-order valence-electron chi connectivity index (χ1n) is 8.09. The summed E-state index contributed by atoms with van der Waals surface area (Å²) in [4.78, 5) is 15.1. The van der Waals surface area contributed by atoms with E-state index in [9.17, 15) is 0 Å². The van der Waals surface area contributed by atoms with Crippen molar-refractivity contribution in [2.45, 2.75) is 27.3 Å². The molecule has 124 valence electrons. The predicted octanol–water partition coefficient (Wildman–Crippen LogP) is 3.39. The van der Waals surface area contributed by atoms with Gasteiger partial charge in [-0.3, -0.25) is 4.68 Å². The van der Waals surface area contributed by atoms with Crippen LogP contribution in [-0.4, -0.2) is 34.3 Å². The zero-order valence-corrected chi connectivity index (χ0v) is 14.9. The minimum Gasteiger partial charge on any atom is -0.262 e. The minimum absolute atomic E-state index is 0.659. The van der Waals surface area contributed by atoms with Gasteiger partial charge in [-0.25, -0.2) is 19.5 Å². The molecule has 5 rings (SSSR count). The molecule has 8 heteroatoms. The van der Waals surface area contributed by atoms with E-state index in [2.05, 4.69) is 40.1 Å². The maximum absolute atomic E-state index is 4.77. The Hall–Kier alpha value is -2.87. The van der Waals surface area contributed by atoms with E-state index < -0.39 is 0 Å². The van der Waals surface area contributed by atoms with Crippen LogP contribution in [0.15, 0.2) is 24.7 Å². The Labute approximate surface area is 147 Å². The summed E-state index contributed by atoms with van der Waals surface area (Å²) < 4.78 is 4.64. The van der Waals surface area contributed by atoms with Gasteiger partial charge in [0.2, 0.25) is 5.82 Å². The van der Waals surface area contributed by atoms with Crippen molar-refractivity contribution in [2.24, 2.45) is 0 Å². The lowest BCUT2D eigenvalue weighted by atomic mass is 10.1. The second-order valence-corrected chi connectivity index (χ2v) is 7.02. The number of fused-ring (bicyclic) bond motifs is 5. The zero-order chi connectivity index (χ0) is 17.1. The van der Waals surface area contributed by atoms with Crippen molar-refractivity contribution in [2.75, 3.05) is 0 Å². The maximum atomic E-state index is 4.77. The molecule has 0 aliphatic heterocycles. The molecular formula is C17H15N7S. The molecule has 0 fully saturated rings. The van der Waals surface area contributed by atoms with Gasteiger partial charge < -0.3 is 0 Å². The Kier molecular flexibility index (Phi) is 2.93. The van der Waals surface area contributed by atoms with Crippen LogP contribution in [0.4, 0.5) is 0 Å². The fourth-order valence-corrected chi connectivity index (χ4v) is 4.48. The summed E-state index contributed by atoms with van der Waals surface area (Å²) in [5.41, 5.74) is 4.87. The lowest BCUT2D eigenvalue weighted by Gasteiger charge is -1.98. The minimum atomic E-state index is 0.659. The van der Waals surface area contributed by atoms with E-state index in [1.54, 1.807) is 28.4 Å². The van der Waals surface area contributed by atoms with Gasteiger partial charge >= 0.3 is 0 Å². The van der Waals surface area contributed by atoms with Crippen LogP contribution in [0.1, 0.15) is 18.2 Å². The molecule has 0 saturated carbocycles. The number of aryl methyl sites for hydroxylation is 3. The number of pyridine rings is 1. The molecule has 0 aromatic carbocycles. The standard InChI is InChI=1S/C17H15N7S/c1-4-23-11(5-6-19-23)15-21-16-14-13(18-8-24(16)22-15)12-9(2)7-10(3)20-17(12)25-14/h5-8H,4H2,1-3H3. The first-order chi connectivity index (χ1) is 12.2. The number of thiophene rings is 1. The molecule has 5 heterocycles. The molecule has 0 spiro atoms. The van der Waals surface area contributed by atoms with Gasteiger partial charge in [0.1, 0.15) is 21.6 Å². The van der Waals surface area contributed by atoms with Gasteiger partial charge in [-0.15, -0.1) is 16.4 Å². The topological polar surface area (TPSA) is 73.8 Å². The Morgan fingerprint density at radius 2 is 2.08 bits per heavy atom. The summed E-state index contributed by atoms with van der Waals surface area (Å²) >= 11 is 1.62. The Morgan fingerprint density at radius 3 is 2.92 bits per heavy atom. The summed E-state index contributed by atoms with van der Waals surface area (Å²) in [5, 5.41) is 10.0. The van der Waals surface area contributed by atoms with Crippen LogP contribution in [0.25, 0.3) is 37.6 Å². The van der Waals surface area contributed by atoms with Crippen LogP contribution in [0.5, 0.6) is 0 Å². The highest BCUT2D eigenvalue weighted by Crippen LogP contribution is 2.35. The third-order valence-corrected chi connectivity index (χ3v) is 5.41. The summed E-state index contributed by atoms with van der Waals surface area (Å²) in [6.45, 7) is 6.94. The smallest absolute Gasteiger partial charge is 0.200 e. The molecule has 0 bridgehead atoms. The van der Waals surface area contributed by atoms with E-state index in [1.807, 2.05) is 17.7 Å². The Morgan fingerprint density at radius 1 is 1.20 bits per heavy atom. The molecular weight excluding hydrogens is 334 g/mol. The normalized spacial score (nSPS) is 12.0. The Bertz CT molecular complexity index is 1260. The van der Waals surface area contributed by atoms with Crippen molar-refractivity contribution in [3.05, 3.63) is 35.9 Å². The van der Waals surface area contributed by atoms with E-state index in [0.29, 0.717) is 5.82 Å². The van der Waals surface area contributed by atoms with E-state index in [1.165, 1.54) is 5.56 Å². The Balaban J connectivity index is 1.85. The zero-order valence-electron chi connectivity index (χ0n) is 14.1. The summed E-state index contributed by atoms with van der Waals surface area (Å²) in [6, 6.07) is 4.03. The van der Waals surface area contributed by atoms with E-state index in [-0.39, 0.29) is 0 Å². The molecule has 7 nitrogen and oxygen atoms in total. The van der Waals surface area contributed by atoms with Gasteiger partial charge in [0.25, 0.3) is 0 Å². The summed E-state index contributed by atoms with van der Waals surface area (Å²) in [5.74, 6) is 0.659. The SMILES string of the molecule is CCn1nccc1-c1nc2c3sc4nc(C)cc(C)c4c3ncn2n1. The van der Waals surface area contributed by atoms with Gasteiger partial charge in [0.15, 0.2) is 5.65 Å². The van der Waals surface area contributed by atoms with E-state index in [4.69, 9.17) is 4.98 Å². The summed E-state index contributed by atoms with van der Waals surface area (Å²) in [7, 11) is 0. The first kappa shape index (κ1) is 14.5. The summed E-state index contributed by atoms with van der Waals surface area (Å²) in [6.07, 6.45) is 3.50. The molecule has 5 aromatic heterocycles. The second-order valence-electron chi connectivity index (χ2n) is 6.02. The molecule has 0 atom stereocenters. The number of hydrogen-bond acceptors (Lipinski definition) is 6. The van der Waals surface area contributed by atoms with Gasteiger partial charge in [-0.1, -0.05) is 0 Å². The van der Waals surface area contributed by atoms with Crippen molar-refractivity contribution >= 4 is 37.4 Å². The van der Waals surface area contributed by atoms with Gasteiger partial charge in [-0.05, 0) is 38.5 Å². The third kappa shape index (κ3) is 2.00. The van der Waals surface area contributed by atoms with E-state index in [0.717, 1.165) is 44.0 Å². The van der Waals surface area contributed by atoms with Crippen LogP contribution < -0.4 is 0 Å². The van der Waals surface area contributed by atoms with Crippen molar-refractivity contribution in [1.82, 2.24) is 34.3 Å². The predicted molar refractivity (Wildman–Crippen MR) is 97.8 cm³/mol. The van der Waals surface area contributed by atoms with Gasteiger partial charge in [-0.2, -0.15) is 5.10 Å². The monoisotopic (exact) mass is 349 g/mol. The molecule has 0 radical (unpaired) electrons. The highest BCUT2D eigenvalue weighted by atomic mass is 32.1. The molecule has 0 N–H and O–H groups in total. The van der Waals surface area contributed by atoms with Crippen LogP contribution in [0.3, 0.4) is 0 Å². The molecule has 25 heavy (non-hydrogen) atoms. The molecule has 0 amide bonds. The lowest BCUT2D eigenvalue weighted by Crippen LogP contribution is -1.99. The maximum Gasteiger partial charge on any atom is 0.200 e. The fraction of sp³-hybridized carbons (Fsp3) is 0.235. The highest BCUT2D eigenvalue weighted by Gasteiger charge is 2.17. The van der Waals surface area contributed by atoms with Crippen LogP contribution >= 0.6 is 11.3 Å². The van der Waals surface area contributed by atoms with Crippen LogP contribution in [0, 0.1) is 13.8 Å². The quantitative estimate of drug-likeness (QED) is 0.488. The molecule has 0 saturated heterocycles. The van der Waals surface area contributed by atoms with Crippen LogP contribution in [0.2, 0.25) is 0 Å². The second kappa shape index (κ2) is 5.06. The lowest BCUT2D eigenvalue weighted by molar-refractivity contribution is 0.663. The third-order valence-electron chi connectivity index (χ3n) is 4.34. The molecule has 0 unspecified atom stereocenters. The van der Waals surface area contributed by atoms with Crippen molar-refractivity contribution in [3.63, 3.8) is 0 Å². The number of rotatable bonds is 2. The number of aromatic nitrogens is 7. The van der Waals surface area contributed by atoms with Crippen LogP contribution in [-0.2, 0) is 6.54 Å². The van der Waals surface area contributed by atoms with Gasteiger partial charge in [0.05, 0.1) is 5.52 Å². The average Bonchev–Trinajstić information content (AvgIpc) is 3.28. The number of hydrogen-bond donors (Lipinski definition) is 0. The molecule has 0 aliphatic carbocycles.